The summed E-state index contributed by atoms with van der Waals surface area (Å²) in [6.45, 7) is 4.03. The van der Waals surface area contributed by atoms with Gasteiger partial charge in [-0.1, -0.05) is 37.6 Å². The van der Waals surface area contributed by atoms with E-state index in [1.54, 1.807) is 6.07 Å². The molecule has 0 radical (unpaired) electrons. The summed E-state index contributed by atoms with van der Waals surface area (Å²) in [5.41, 5.74) is 1.42. The van der Waals surface area contributed by atoms with Crippen molar-refractivity contribution in [2.45, 2.75) is 19.8 Å². The van der Waals surface area contributed by atoms with Crippen molar-refractivity contribution in [3.05, 3.63) is 48.9 Å². The summed E-state index contributed by atoms with van der Waals surface area (Å²) >= 11 is 8.14. The maximum Gasteiger partial charge on any atom is 0.264 e. The van der Waals surface area contributed by atoms with Gasteiger partial charge in [0.25, 0.3) is 5.56 Å². The molecule has 1 aromatic heterocycles. The van der Waals surface area contributed by atoms with Crippen molar-refractivity contribution >= 4 is 34.2 Å². The molecule has 94 valence electrons. The average Bonchev–Trinajstić information content (AvgIpc) is 2.33. The number of hydrogen-bond acceptors (Lipinski definition) is 2. The molecule has 2 rings (SSSR count). The van der Waals surface area contributed by atoms with Crippen LogP contribution in [0.4, 0.5) is 0 Å². The lowest BCUT2D eigenvalue weighted by molar-refractivity contribution is 0.802. The quantitative estimate of drug-likeness (QED) is 0.812. The van der Waals surface area contributed by atoms with E-state index in [9.17, 15) is 4.79 Å². The first kappa shape index (κ1) is 13.5. The zero-order valence-electron chi connectivity index (χ0n) is 10.00. The summed E-state index contributed by atoms with van der Waals surface area (Å²) in [5.74, 6) is 0.718. The molecule has 0 aliphatic heterocycles. The van der Waals surface area contributed by atoms with E-state index in [1.807, 2.05) is 54.6 Å². The maximum absolute atomic E-state index is 11.9. The fourth-order valence-electron chi connectivity index (χ4n) is 1.64. The molecule has 0 spiro atoms. The zero-order chi connectivity index (χ0) is 13.3. The Morgan fingerprint density at radius 2 is 2.00 bits per heavy atom. The van der Waals surface area contributed by atoms with Crippen LogP contribution in [-0.4, -0.2) is 9.97 Å². The van der Waals surface area contributed by atoms with Gasteiger partial charge in [0, 0.05) is 5.56 Å². The molecule has 18 heavy (non-hydrogen) atoms. The van der Waals surface area contributed by atoms with Crippen LogP contribution in [-0.2, 0) is 0 Å². The molecule has 0 saturated heterocycles. The maximum atomic E-state index is 11.9. The minimum Gasteiger partial charge on any atom is -0.306 e. The Balaban J connectivity index is 2.67. The number of aromatic amines is 1. The third-order valence-corrected chi connectivity index (χ3v) is 3.94. The minimum absolute atomic E-state index is 0.121. The highest BCUT2D eigenvalue weighted by Gasteiger charge is 2.14. The average molecular weight is 375 g/mol. The Morgan fingerprint density at radius 3 is 2.61 bits per heavy atom. The molecule has 0 aliphatic rings. The first-order valence-electron chi connectivity index (χ1n) is 5.55. The van der Waals surface area contributed by atoms with Crippen molar-refractivity contribution in [2.24, 2.45) is 0 Å². The molecule has 0 amide bonds. The van der Waals surface area contributed by atoms with Gasteiger partial charge in [-0.15, -0.1) is 0 Å². The van der Waals surface area contributed by atoms with Crippen LogP contribution in [0.3, 0.4) is 0 Å². The Labute approximate surface area is 124 Å². The van der Waals surface area contributed by atoms with Crippen LogP contribution >= 0.6 is 34.2 Å². The molecule has 3 nitrogen and oxygen atoms in total. The van der Waals surface area contributed by atoms with E-state index in [4.69, 9.17) is 11.6 Å². The lowest BCUT2D eigenvalue weighted by Crippen LogP contribution is -2.17. The van der Waals surface area contributed by atoms with Gasteiger partial charge in [0.05, 0.1) is 14.3 Å². The number of nitrogens with one attached hydrogen (secondary N) is 1. The van der Waals surface area contributed by atoms with Gasteiger partial charge in [-0.3, -0.25) is 4.79 Å². The predicted molar refractivity (Wildman–Crippen MR) is 82.1 cm³/mol. The number of rotatable bonds is 2. The van der Waals surface area contributed by atoms with Crippen molar-refractivity contribution in [3.63, 3.8) is 0 Å². The van der Waals surface area contributed by atoms with Gasteiger partial charge in [-0.05, 0) is 40.6 Å². The normalized spacial score (nSPS) is 10.9. The highest BCUT2D eigenvalue weighted by Crippen LogP contribution is 2.25. The van der Waals surface area contributed by atoms with Gasteiger partial charge in [0.15, 0.2) is 0 Å². The standard InChI is InChI=1S/C13H12ClIN2O/c1-7(2)11-10(15)13(18)17-12(16-11)8-5-3-4-6-9(8)14/h3-7H,1-2H3,(H,16,17,18). The summed E-state index contributed by atoms with van der Waals surface area (Å²) in [4.78, 5) is 19.2. The van der Waals surface area contributed by atoms with Gasteiger partial charge in [0.2, 0.25) is 0 Å². The molecule has 0 saturated carbocycles. The lowest BCUT2D eigenvalue weighted by Gasteiger charge is -2.10. The second-order valence-corrected chi connectivity index (χ2v) is 5.73. The van der Waals surface area contributed by atoms with Gasteiger partial charge in [-0.2, -0.15) is 0 Å². The third-order valence-electron chi connectivity index (χ3n) is 2.56. The van der Waals surface area contributed by atoms with Crippen molar-refractivity contribution in [1.29, 1.82) is 0 Å². The van der Waals surface area contributed by atoms with E-state index in [0.717, 1.165) is 11.3 Å². The fraction of sp³-hybridized carbons (Fsp3) is 0.231. The first-order chi connectivity index (χ1) is 8.50. The van der Waals surface area contributed by atoms with E-state index in [0.29, 0.717) is 14.4 Å². The lowest BCUT2D eigenvalue weighted by atomic mass is 10.1. The molecule has 1 aromatic carbocycles. The van der Waals surface area contributed by atoms with Gasteiger partial charge < -0.3 is 4.98 Å². The van der Waals surface area contributed by atoms with E-state index >= 15 is 0 Å². The van der Waals surface area contributed by atoms with E-state index < -0.39 is 0 Å². The molecule has 1 N–H and O–H groups in total. The molecule has 0 unspecified atom stereocenters. The molecule has 5 heteroatoms. The number of aromatic nitrogens is 2. The molecule has 0 bridgehead atoms. The third kappa shape index (κ3) is 2.59. The second kappa shape index (κ2) is 5.40. The van der Waals surface area contributed by atoms with Crippen LogP contribution in [0.5, 0.6) is 0 Å². The summed E-state index contributed by atoms with van der Waals surface area (Å²) < 4.78 is 0.637. The molecular formula is C13H12ClIN2O. The van der Waals surface area contributed by atoms with Crippen molar-refractivity contribution in [1.82, 2.24) is 9.97 Å². The summed E-state index contributed by atoms with van der Waals surface area (Å²) in [6.07, 6.45) is 0. The number of nitrogens with zero attached hydrogens (tertiary/aromatic N) is 1. The molecular weight excluding hydrogens is 363 g/mol. The Hall–Kier alpha value is -0.880. The van der Waals surface area contributed by atoms with Crippen LogP contribution in [0.15, 0.2) is 29.1 Å². The Bertz CT molecular complexity index is 637. The summed E-state index contributed by atoms with van der Waals surface area (Å²) in [7, 11) is 0. The topological polar surface area (TPSA) is 45.8 Å². The fourth-order valence-corrected chi connectivity index (χ4v) is 2.74. The molecule has 1 heterocycles. The number of hydrogen-bond donors (Lipinski definition) is 1. The van der Waals surface area contributed by atoms with Crippen LogP contribution < -0.4 is 5.56 Å². The predicted octanol–water partition coefficient (Wildman–Crippen LogP) is 3.82. The van der Waals surface area contributed by atoms with Crippen molar-refractivity contribution in [2.75, 3.05) is 0 Å². The molecule has 0 atom stereocenters. The van der Waals surface area contributed by atoms with E-state index in [2.05, 4.69) is 9.97 Å². The largest absolute Gasteiger partial charge is 0.306 e. The van der Waals surface area contributed by atoms with Gasteiger partial charge in [-0.25, -0.2) is 4.98 Å². The second-order valence-electron chi connectivity index (χ2n) is 4.25. The highest BCUT2D eigenvalue weighted by atomic mass is 127. The van der Waals surface area contributed by atoms with Gasteiger partial charge >= 0.3 is 0 Å². The molecule has 0 fully saturated rings. The van der Waals surface area contributed by atoms with Crippen LogP contribution in [0, 0.1) is 3.57 Å². The smallest absolute Gasteiger partial charge is 0.264 e. The Kier molecular flexibility index (Phi) is 4.07. The van der Waals surface area contributed by atoms with Gasteiger partial charge in [0.1, 0.15) is 5.82 Å². The van der Waals surface area contributed by atoms with E-state index in [-0.39, 0.29) is 11.5 Å². The molecule has 2 aromatic rings. The van der Waals surface area contributed by atoms with Crippen molar-refractivity contribution in [3.8, 4) is 11.4 Å². The Morgan fingerprint density at radius 1 is 1.33 bits per heavy atom. The van der Waals surface area contributed by atoms with E-state index in [1.165, 1.54) is 0 Å². The van der Waals surface area contributed by atoms with Crippen LogP contribution in [0.25, 0.3) is 11.4 Å². The SMILES string of the molecule is CC(C)c1nc(-c2ccccc2Cl)[nH]c(=O)c1I. The van der Waals surface area contributed by atoms with Crippen LogP contribution in [0.2, 0.25) is 5.02 Å². The number of halogens is 2. The highest BCUT2D eigenvalue weighted by molar-refractivity contribution is 14.1. The minimum atomic E-state index is -0.121. The summed E-state index contributed by atoms with van der Waals surface area (Å²) in [5, 5.41) is 0.580. The number of H-pyrrole nitrogens is 1. The zero-order valence-corrected chi connectivity index (χ0v) is 12.9. The van der Waals surface area contributed by atoms with Crippen LogP contribution in [0.1, 0.15) is 25.5 Å². The number of benzene rings is 1. The first-order valence-corrected chi connectivity index (χ1v) is 7.01. The monoisotopic (exact) mass is 374 g/mol. The van der Waals surface area contributed by atoms with Crippen molar-refractivity contribution < 1.29 is 0 Å². The molecule has 0 aliphatic carbocycles. The summed E-state index contributed by atoms with van der Waals surface area (Å²) in [6, 6.07) is 7.34.